The van der Waals surface area contributed by atoms with Gasteiger partial charge in [-0.15, -0.1) is 11.6 Å². The molecule has 0 spiro atoms. The summed E-state index contributed by atoms with van der Waals surface area (Å²) >= 11 is 6.00. The van der Waals surface area contributed by atoms with Crippen LogP contribution in [0.5, 0.6) is 0 Å². The van der Waals surface area contributed by atoms with Gasteiger partial charge in [0.2, 0.25) is 0 Å². The highest BCUT2D eigenvalue weighted by atomic mass is 35.5. The molecule has 0 bridgehead atoms. The first-order chi connectivity index (χ1) is 8.56. The minimum atomic E-state index is 0.154. The van der Waals surface area contributed by atoms with Gasteiger partial charge in [0.1, 0.15) is 5.82 Å². The Morgan fingerprint density at radius 2 is 1.78 bits per heavy atom. The number of alkyl halides is 1. The van der Waals surface area contributed by atoms with Crippen LogP contribution in [-0.2, 0) is 0 Å². The maximum absolute atomic E-state index is 6.00. The van der Waals surface area contributed by atoms with Gasteiger partial charge < -0.3 is 5.32 Å². The summed E-state index contributed by atoms with van der Waals surface area (Å²) in [6, 6.07) is 8.18. The van der Waals surface area contributed by atoms with Crippen LogP contribution in [0.4, 0.5) is 5.82 Å². The first kappa shape index (κ1) is 13.1. The van der Waals surface area contributed by atoms with E-state index in [1.165, 1.54) is 0 Å². The van der Waals surface area contributed by atoms with Gasteiger partial charge in [-0.05, 0) is 39.3 Å². The number of anilines is 1. The van der Waals surface area contributed by atoms with Gasteiger partial charge in [0.25, 0.3) is 0 Å². The third kappa shape index (κ3) is 3.10. The molecule has 18 heavy (non-hydrogen) atoms. The van der Waals surface area contributed by atoms with Gasteiger partial charge >= 0.3 is 0 Å². The van der Waals surface area contributed by atoms with E-state index in [1.807, 2.05) is 38.1 Å². The summed E-state index contributed by atoms with van der Waals surface area (Å²) in [6.45, 7) is 6.08. The number of hydrogen-bond acceptors (Lipinski definition) is 3. The van der Waals surface area contributed by atoms with Crippen molar-refractivity contribution in [1.82, 2.24) is 9.97 Å². The summed E-state index contributed by atoms with van der Waals surface area (Å²) in [4.78, 5) is 9.16. The van der Waals surface area contributed by atoms with Crippen molar-refractivity contribution in [1.29, 1.82) is 0 Å². The number of fused-ring (bicyclic) bond motifs is 1. The van der Waals surface area contributed by atoms with Crippen molar-refractivity contribution in [2.24, 2.45) is 0 Å². The largest absolute Gasteiger partial charge is 0.366 e. The first-order valence-electron chi connectivity index (χ1n) is 6.20. The zero-order chi connectivity index (χ0) is 13.1. The first-order valence-corrected chi connectivity index (χ1v) is 6.64. The third-order valence-corrected chi connectivity index (χ3v) is 2.98. The Hall–Kier alpha value is -1.35. The fourth-order valence-electron chi connectivity index (χ4n) is 2.00. The molecule has 2 rings (SSSR count). The van der Waals surface area contributed by atoms with Crippen LogP contribution in [0.3, 0.4) is 0 Å². The van der Waals surface area contributed by atoms with Gasteiger partial charge in [0.15, 0.2) is 0 Å². The molecule has 0 radical (unpaired) electrons. The Morgan fingerprint density at radius 1 is 1.17 bits per heavy atom. The van der Waals surface area contributed by atoms with E-state index >= 15 is 0 Å². The van der Waals surface area contributed by atoms with Crippen LogP contribution in [0.2, 0.25) is 0 Å². The quantitative estimate of drug-likeness (QED) is 0.854. The molecular formula is C14H18ClN3. The lowest BCUT2D eigenvalue weighted by Crippen LogP contribution is -2.20. The van der Waals surface area contributed by atoms with Crippen LogP contribution in [-0.4, -0.2) is 21.4 Å². The van der Waals surface area contributed by atoms with E-state index in [4.69, 9.17) is 11.6 Å². The molecule has 0 saturated carbocycles. The summed E-state index contributed by atoms with van der Waals surface area (Å²) in [7, 11) is 0. The number of halogens is 1. The Morgan fingerprint density at radius 3 is 2.39 bits per heavy atom. The molecule has 0 fully saturated rings. The van der Waals surface area contributed by atoms with Crippen molar-refractivity contribution in [3.05, 3.63) is 30.0 Å². The molecule has 3 nitrogen and oxygen atoms in total. The average molecular weight is 264 g/mol. The van der Waals surface area contributed by atoms with Crippen molar-refractivity contribution in [3.8, 4) is 0 Å². The number of rotatable bonds is 4. The molecule has 1 N–H and O–H groups in total. The van der Waals surface area contributed by atoms with Crippen molar-refractivity contribution in [2.45, 2.75) is 38.6 Å². The SMILES string of the molecule is Cc1nc2ccccc2nc1NC(C)CC(C)Cl. The van der Waals surface area contributed by atoms with E-state index in [9.17, 15) is 0 Å². The number of benzene rings is 1. The number of nitrogens with one attached hydrogen (secondary N) is 1. The summed E-state index contributed by atoms with van der Waals surface area (Å²) < 4.78 is 0. The molecule has 0 aliphatic carbocycles. The third-order valence-electron chi connectivity index (χ3n) is 2.81. The number of para-hydroxylation sites is 2. The van der Waals surface area contributed by atoms with Crippen LogP contribution in [0.1, 0.15) is 26.0 Å². The van der Waals surface area contributed by atoms with E-state index in [1.54, 1.807) is 0 Å². The van der Waals surface area contributed by atoms with E-state index < -0.39 is 0 Å². The monoisotopic (exact) mass is 263 g/mol. The molecule has 1 aromatic carbocycles. The second kappa shape index (κ2) is 5.53. The van der Waals surface area contributed by atoms with Crippen LogP contribution in [0, 0.1) is 6.92 Å². The zero-order valence-electron chi connectivity index (χ0n) is 10.9. The average Bonchev–Trinajstić information content (AvgIpc) is 2.29. The lowest BCUT2D eigenvalue weighted by molar-refractivity contribution is 0.692. The molecule has 2 unspecified atom stereocenters. The van der Waals surface area contributed by atoms with Crippen LogP contribution in [0.15, 0.2) is 24.3 Å². The minimum absolute atomic E-state index is 0.154. The second-order valence-corrected chi connectivity index (χ2v) is 5.45. The Balaban J connectivity index is 2.25. The molecule has 0 aliphatic heterocycles. The van der Waals surface area contributed by atoms with E-state index in [2.05, 4.69) is 22.2 Å². The molecular weight excluding hydrogens is 246 g/mol. The van der Waals surface area contributed by atoms with Gasteiger partial charge in [0.05, 0.1) is 16.7 Å². The van der Waals surface area contributed by atoms with Crippen molar-refractivity contribution >= 4 is 28.5 Å². The standard InChI is InChI=1S/C14H18ClN3/c1-9(15)8-10(2)16-14-11(3)17-12-6-4-5-7-13(12)18-14/h4-7,9-10H,8H2,1-3H3,(H,16,18). The summed E-state index contributed by atoms with van der Waals surface area (Å²) in [5.41, 5.74) is 2.76. The predicted octanol–water partition coefficient (Wildman–Crippen LogP) is 3.76. The molecule has 96 valence electrons. The Kier molecular flexibility index (Phi) is 4.02. The van der Waals surface area contributed by atoms with Crippen molar-refractivity contribution in [2.75, 3.05) is 5.32 Å². The number of nitrogens with zero attached hydrogens (tertiary/aromatic N) is 2. The molecule has 2 atom stereocenters. The van der Waals surface area contributed by atoms with E-state index in [0.29, 0.717) is 0 Å². The fraction of sp³-hybridized carbons (Fsp3) is 0.429. The molecule has 2 aromatic rings. The number of aryl methyl sites for hydroxylation is 1. The minimum Gasteiger partial charge on any atom is -0.366 e. The molecule has 1 heterocycles. The van der Waals surface area contributed by atoms with Crippen LogP contribution < -0.4 is 5.32 Å². The lowest BCUT2D eigenvalue weighted by atomic mass is 10.2. The van der Waals surface area contributed by atoms with Crippen LogP contribution >= 0.6 is 11.6 Å². The van der Waals surface area contributed by atoms with Gasteiger partial charge in [-0.2, -0.15) is 0 Å². The zero-order valence-corrected chi connectivity index (χ0v) is 11.7. The maximum Gasteiger partial charge on any atom is 0.148 e. The Bertz CT molecular complexity index is 540. The molecule has 4 heteroatoms. The summed E-state index contributed by atoms with van der Waals surface area (Å²) in [6.07, 6.45) is 0.898. The van der Waals surface area contributed by atoms with Crippen molar-refractivity contribution < 1.29 is 0 Å². The Labute approximate surface area is 113 Å². The van der Waals surface area contributed by atoms with Gasteiger partial charge in [-0.25, -0.2) is 9.97 Å². The molecule has 0 amide bonds. The normalized spacial score (nSPS) is 14.4. The molecule has 0 saturated heterocycles. The van der Waals surface area contributed by atoms with Crippen molar-refractivity contribution in [3.63, 3.8) is 0 Å². The van der Waals surface area contributed by atoms with Gasteiger partial charge in [-0.3, -0.25) is 0 Å². The number of hydrogen-bond donors (Lipinski definition) is 1. The van der Waals surface area contributed by atoms with Gasteiger partial charge in [-0.1, -0.05) is 12.1 Å². The highest BCUT2D eigenvalue weighted by Crippen LogP contribution is 2.18. The van der Waals surface area contributed by atoms with E-state index in [-0.39, 0.29) is 11.4 Å². The fourth-order valence-corrected chi connectivity index (χ4v) is 2.27. The summed E-state index contributed by atoms with van der Waals surface area (Å²) in [5, 5.41) is 3.53. The van der Waals surface area contributed by atoms with Crippen LogP contribution in [0.25, 0.3) is 11.0 Å². The van der Waals surface area contributed by atoms with E-state index in [0.717, 1.165) is 29.0 Å². The smallest absolute Gasteiger partial charge is 0.148 e. The van der Waals surface area contributed by atoms with Gasteiger partial charge in [0, 0.05) is 11.4 Å². The highest BCUT2D eigenvalue weighted by Gasteiger charge is 2.10. The molecule has 1 aromatic heterocycles. The number of aromatic nitrogens is 2. The topological polar surface area (TPSA) is 37.8 Å². The lowest BCUT2D eigenvalue weighted by Gasteiger charge is -2.17. The predicted molar refractivity (Wildman–Crippen MR) is 77.3 cm³/mol. The second-order valence-electron chi connectivity index (χ2n) is 4.71. The summed E-state index contributed by atoms with van der Waals surface area (Å²) in [5.74, 6) is 0.846. The maximum atomic E-state index is 6.00. The highest BCUT2D eigenvalue weighted by molar-refractivity contribution is 6.20. The molecule has 0 aliphatic rings.